The lowest BCUT2D eigenvalue weighted by atomic mass is 10.1. The number of carbonyl (C=O) groups is 1. The van der Waals surface area contributed by atoms with Crippen LogP contribution in [0.25, 0.3) is 0 Å². The molecule has 2 aromatic carbocycles. The number of hydrogen-bond donors (Lipinski definition) is 0. The monoisotopic (exact) mass is 385 g/mol. The first-order valence-electron chi connectivity index (χ1n) is 8.63. The molecular formula is C21H21ClFN3O. The van der Waals surface area contributed by atoms with Gasteiger partial charge in [-0.2, -0.15) is 5.10 Å². The van der Waals surface area contributed by atoms with Gasteiger partial charge in [0.1, 0.15) is 11.0 Å². The summed E-state index contributed by atoms with van der Waals surface area (Å²) >= 11 is 6.45. The number of carbonyl (C=O) groups excluding carboxylic acids is 1. The van der Waals surface area contributed by atoms with Gasteiger partial charge in [0.2, 0.25) is 0 Å². The Morgan fingerprint density at radius 3 is 2.30 bits per heavy atom. The first-order valence-corrected chi connectivity index (χ1v) is 9.01. The van der Waals surface area contributed by atoms with Gasteiger partial charge in [0.25, 0.3) is 5.91 Å². The molecule has 4 nitrogen and oxygen atoms in total. The predicted molar refractivity (Wildman–Crippen MR) is 104 cm³/mol. The van der Waals surface area contributed by atoms with E-state index in [1.54, 1.807) is 35.7 Å². The molecule has 3 aromatic rings. The first kappa shape index (κ1) is 19.1. The van der Waals surface area contributed by atoms with Gasteiger partial charge in [0.05, 0.1) is 17.8 Å². The highest BCUT2D eigenvalue weighted by Crippen LogP contribution is 2.23. The van der Waals surface area contributed by atoms with E-state index in [4.69, 9.17) is 11.6 Å². The van der Waals surface area contributed by atoms with E-state index < -0.39 is 0 Å². The van der Waals surface area contributed by atoms with Crippen molar-refractivity contribution in [1.82, 2.24) is 14.7 Å². The Balaban J connectivity index is 1.79. The summed E-state index contributed by atoms with van der Waals surface area (Å²) in [6.45, 7) is 4.64. The molecule has 0 N–H and O–H groups in total. The molecule has 3 rings (SSSR count). The minimum absolute atomic E-state index is 0.177. The standard InChI is InChI=1S/C21H21ClFN3O/c1-14-4-6-16(7-5-14)12-25(3)21(27)19-15(2)24-26(20(19)22)13-17-8-10-18(23)11-9-17/h4-11H,12-13H2,1-3H3. The molecule has 1 heterocycles. The molecule has 0 radical (unpaired) electrons. The largest absolute Gasteiger partial charge is 0.337 e. The second-order valence-corrected chi connectivity index (χ2v) is 7.04. The first-order chi connectivity index (χ1) is 12.8. The van der Waals surface area contributed by atoms with Crippen molar-refractivity contribution < 1.29 is 9.18 Å². The van der Waals surface area contributed by atoms with Crippen LogP contribution in [-0.4, -0.2) is 27.6 Å². The van der Waals surface area contributed by atoms with E-state index in [1.165, 1.54) is 17.7 Å². The van der Waals surface area contributed by atoms with Gasteiger partial charge >= 0.3 is 0 Å². The lowest BCUT2D eigenvalue weighted by Gasteiger charge is -2.17. The lowest BCUT2D eigenvalue weighted by molar-refractivity contribution is 0.0784. The molecule has 0 spiro atoms. The number of rotatable bonds is 5. The van der Waals surface area contributed by atoms with Crippen molar-refractivity contribution in [1.29, 1.82) is 0 Å². The molecule has 6 heteroatoms. The third-order valence-corrected chi connectivity index (χ3v) is 4.80. The van der Waals surface area contributed by atoms with Crippen LogP contribution >= 0.6 is 11.6 Å². The smallest absolute Gasteiger partial charge is 0.258 e. The Morgan fingerprint density at radius 1 is 1.07 bits per heavy atom. The van der Waals surface area contributed by atoms with Crippen molar-refractivity contribution in [2.24, 2.45) is 0 Å². The Hall–Kier alpha value is -2.66. The molecule has 1 amide bonds. The maximum Gasteiger partial charge on any atom is 0.258 e. The molecule has 0 saturated heterocycles. The van der Waals surface area contributed by atoms with Gasteiger partial charge in [-0.1, -0.05) is 53.6 Å². The minimum Gasteiger partial charge on any atom is -0.337 e. The van der Waals surface area contributed by atoms with E-state index in [0.29, 0.717) is 24.3 Å². The molecule has 140 valence electrons. The van der Waals surface area contributed by atoms with Crippen LogP contribution in [-0.2, 0) is 13.1 Å². The van der Waals surface area contributed by atoms with Crippen molar-refractivity contribution in [3.8, 4) is 0 Å². The van der Waals surface area contributed by atoms with E-state index in [1.807, 2.05) is 31.2 Å². The quantitative estimate of drug-likeness (QED) is 0.643. The molecule has 0 saturated carbocycles. The highest BCUT2D eigenvalue weighted by atomic mass is 35.5. The topological polar surface area (TPSA) is 38.1 Å². The Kier molecular flexibility index (Phi) is 5.61. The van der Waals surface area contributed by atoms with Gasteiger partial charge in [0, 0.05) is 13.6 Å². The van der Waals surface area contributed by atoms with Crippen molar-refractivity contribution in [2.75, 3.05) is 7.05 Å². The van der Waals surface area contributed by atoms with E-state index in [0.717, 1.165) is 11.1 Å². The predicted octanol–water partition coefficient (Wildman–Crippen LogP) is 4.61. The molecule has 0 aliphatic heterocycles. The van der Waals surface area contributed by atoms with Crippen molar-refractivity contribution in [2.45, 2.75) is 26.9 Å². The molecule has 27 heavy (non-hydrogen) atoms. The summed E-state index contributed by atoms with van der Waals surface area (Å²) in [7, 11) is 1.75. The van der Waals surface area contributed by atoms with E-state index in [2.05, 4.69) is 5.10 Å². The summed E-state index contributed by atoms with van der Waals surface area (Å²) in [5.74, 6) is -0.474. The third-order valence-electron chi connectivity index (χ3n) is 4.41. The fourth-order valence-electron chi connectivity index (χ4n) is 2.89. The maximum atomic E-state index is 13.1. The fourth-order valence-corrected chi connectivity index (χ4v) is 3.21. The normalized spacial score (nSPS) is 10.9. The number of aromatic nitrogens is 2. The van der Waals surface area contributed by atoms with Crippen LogP contribution in [0.3, 0.4) is 0 Å². The minimum atomic E-state index is -0.296. The fraction of sp³-hybridized carbons (Fsp3) is 0.238. The van der Waals surface area contributed by atoms with Gasteiger partial charge in [-0.3, -0.25) is 4.79 Å². The molecule has 0 aliphatic carbocycles. The Bertz CT molecular complexity index is 949. The molecular weight excluding hydrogens is 365 g/mol. The summed E-state index contributed by atoms with van der Waals surface area (Å²) in [5.41, 5.74) is 4.04. The van der Waals surface area contributed by atoms with Crippen LogP contribution in [0.1, 0.15) is 32.7 Å². The highest BCUT2D eigenvalue weighted by Gasteiger charge is 2.23. The van der Waals surface area contributed by atoms with Crippen LogP contribution in [0.5, 0.6) is 0 Å². The van der Waals surface area contributed by atoms with Gasteiger partial charge < -0.3 is 4.90 Å². The summed E-state index contributed by atoms with van der Waals surface area (Å²) in [6.07, 6.45) is 0. The van der Waals surface area contributed by atoms with Crippen LogP contribution in [0.2, 0.25) is 5.15 Å². The van der Waals surface area contributed by atoms with Crippen LogP contribution in [0.15, 0.2) is 48.5 Å². The van der Waals surface area contributed by atoms with Crippen LogP contribution in [0.4, 0.5) is 4.39 Å². The van der Waals surface area contributed by atoms with Gasteiger partial charge in [0.15, 0.2) is 0 Å². The molecule has 0 aliphatic rings. The van der Waals surface area contributed by atoms with E-state index in [-0.39, 0.29) is 16.9 Å². The number of amides is 1. The van der Waals surface area contributed by atoms with Gasteiger partial charge in [-0.15, -0.1) is 0 Å². The summed E-state index contributed by atoms with van der Waals surface area (Å²) in [4.78, 5) is 14.5. The lowest BCUT2D eigenvalue weighted by Crippen LogP contribution is -2.26. The van der Waals surface area contributed by atoms with E-state index in [9.17, 15) is 9.18 Å². The third kappa shape index (κ3) is 4.37. The SMILES string of the molecule is Cc1ccc(CN(C)C(=O)c2c(C)nn(Cc3ccc(F)cc3)c2Cl)cc1. The average molecular weight is 386 g/mol. The second kappa shape index (κ2) is 7.92. The highest BCUT2D eigenvalue weighted by molar-refractivity contribution is 6.33. The maximum absolute atomic E-state index is 13.1. The zero-order valence-electron chi connectivity index (χ0n) is 15.5. The number of halogens is 2. The van der Waals surface area contributed by atoms with Gasteiger partial charge in [-0.05, 0) is 37.1 Å². The molecule has 0 atom stereocenters. The summed E-state index contributed by atoms with van der Waals surface area (Å²) < 4.78 is 14.6. The molecule has 0 bridgehead atoms. The molecule has 0 fully saturated rings. The van der Waals surface area contributed by atoms with Crippen molar-refractivity contribution in [3.05, 3.63) is 87.4 Å². The molecule has 0 unspecified atom stereocenters. The zero-order valence-corrected chi connectivity index (χ0v) is 16.3. The Morgan fingerprint density at radius 2 is 1.67 bits per heavy atom. The number of nitrogens with zero attached hydrogens (tertiary/aromatic N) is 3. The summed E-state index contributed by atoms with van der Waals surface area (Å²) in [5, 5.41) is 4.68. The second-order valence-electron chi connectivity index (χ2n) is 6.68. The van der Waals surface area contributed by atoms with E-state index >= 15 is 0 Å². The number of benzene rings is 2. The van der Waals surface area contributed by atoms with Crippen LogP contribution in [0, 0.1) is 19.7 Å². The zero-order chi connectivity index (χ0) is 19.6. The number of aryl methyl sites for hydroxylation is 2. The average Bonchev–Trinajstić information content (AvgIpc) is 2.91. The van der Waals surface area contributed by atoms with Gasteiger partial charge in [-0.25, -0.2) is 9.07 Å². The van der Waals surface area contributed by atoms with Crippen molar-refractivity contribution >= 4 is 17.5 Å². The van der Waals surface area contributed by atoms with Crippen LogP contribution < -0.4 is 0 Å². The Labute approximate surface area is 163 Å². The number of hydrogen-bond acceptors (Lipinski definition) is 2. The summed E-state index contributed by atoms with van der Waals surface area (Å²) in [6, 6.07) is 14.2. The van der Waals surface area contributed by atoms with Crippen molar-refractivity contribution in [3.63, 3.8) is 0 Å². The molecule has 1 aromatic heterocycles.